The molecule has 0 aliphatic carbocycles. The number of imide groups is 1. The minimum Gasteiger partial charge on any atom is -0.494 e. The molecule has 2 rings (SSSR count). The van der Waals surface area contributed by atoms with E-state index in [0.717, 1.165) is 17.7 Å². The molecule has 1 atom stereocenters. The van der Waals surface area contributed by atoms with Crippen LogP contribution in [0.4, 0.5) is 0 Å². The Labute approximate surface area is 125 Å². The second-order valence-electron chi connectivity index (χ2n) is 5.26. The lowest BCUT2D eigenvalue weighted by molar-refractivity contribution is -0.148. The Hall–Kier alpha value is -1.88. The molecule has 0 aromatic heterocycles. The fourth-order valence-corrected chi connectivity index (χ4v) is 2.27. The molecule has 0 radical (unpaired) electrons. The van der Waals surface area contributed by atoms with Crippen molar-refractivity contribution < 1.29 is 14.3 Å². The highest BCUT2D eigenvalue weighted by atomic mass is 16.5. The van der Waals surface area contributed by atoms with Gasteiger partial charge in [-0.25, -0.2) is 0 Å². The second-order valence-corrected chi connectivity index (χ2v) is 5.26. The van der Waals surface area contributed by atoms with E-state index >= 15 is 0 Å². The number of likely N-dealkylation sites (N-methyl/N-ethyl adjacent to an activating group) is 1. The van der Waals surface area contributed by atoms with Crippen LogP contribution in [0.25, 0.3) is 0 Å². The highest BCUT2D eigenvalue weighted by Crippen LogP contribution is 2.14. The van der Waals surface area contributed by atoms with Gasteiger partial charge in [-0.05, 0) is 30.5 Å². The van der Waals surface area contributed by atoms with Crippen LogP contribution in [-0.2, 0) is 16.1 Å². The molecule has 1 saturated heterocycles. The number of benzene rings is 1. The summed E-state index contributed by atoms with van der Waals surface area (Å²) in [6.07, 6.45) is 1.97. The van der Waals surface area contributed by atoms with Crippen molar-refractivity contribution in [2.45, 2.75) is 38.8 Å². The fraction of sp³-hybridized carbons (Fsp3) is 0.500. The van der Waals surface area contributed by atoms with Crippen molar-refractivity contribution in [3.8, 4) is 5.75 Å². The van der Waals surface area contributed by atoms with Crippen LogP contribution >= 0.6 is 0 Å². The Morgan fingerprint density at radius 1 is 1.29 bits per heavy atom. The topological polar surface area (TPSA) is 58.6 Å². The summed E-state index contributed by atoms with van der Waals surface area (Å²) in [5.41, 5.74) is 1.09. The Balaban J connectivity index is 1.85. The quantitative estimate of drug-likeness (QED) is 0.810. The van der Waals surface area contributed by atoms with Crippen molar-refractivity contribution >= 4 is 11.8 Å². The average molecular weight is 290 g/mol. The Morgan fingerprint density at radius 2 is 2.00 bits per heavy atom. The maximum Gasteiger partial charge on any atom is 0.246 e. The second kappa shape index (κ2) is 7.22. The van der Waals surface area contributed by atoms with Gasteiger partial charge in [-0.3, -0.25) is 14.5 Å². The van der Waals surface area contributed by atoms with Gasteiger partial charge in [0.05, 0.1) is 12.6 Å². The molecule has 0 spiro atoms. The lowest BCUT2D eigenvalue weighted by atomic mass is 10.0. The largest absolute Gasteiger partial charge is 0.494 e. The molecule has 21 heavy (non-hydrogen) atoms. The number of likely N-dealkylation sites (tertiary alicyclic amines) is 1. The van der Waals surface area contributed by atoms with E-state index in [1.807, 2.05) is 24.3 Å². The maximum atomic E-state index is 12.0. The minimum atomic E-state index is -0.274. The van der Waals surface area contributed by atoms with Gasteiger partial charge in [-0.15, -0.1) is 0 Å². The number of hydrogen-bond donors (Lipinski definition) is 1. The molecule has 1 N–H and O–H groups in total. The summed E-state index contributed by atoms with van der Waals surface area (Å²) < 4.78 is 5.53. The maximum absolute atomic E-state index is 12.0. The van der Waals surface area contributed by atoms with Gasteiger partial charge in [0, 0.05) is 20.0 Å². The van der Waals surface area contributed by atoms with Crippen molar-refractivity contribution in [1.82, 2.24) is 10.2 Å². The van der Waals surface area contributed by atoms with Gasteiger partial charge in [0.25, 0.3) is 0 Å². The average Bonchev–Trinajstić information content (AvgIpc) is 2.51. The van der Waals surface area contributed by atoms with Gasteiger partial charge in [0.15, 0.2) is 0 Å². The van der Waals surface area contributed by atoms with E-state index in [1.165, 1.54) is 4.90 Å². The first-order chi connectivity index (χ1) is 10.1. The zero-order valence-corrected chi connectivity index (χ0v) is 12.6. The molecule has 1 aliphatic heterocycles. The normalized spacial score (nSPS) is 19.0. The van der Waals surface area contributed by atoms with Crippen LogP contribution in [0.3, 0.4) is 0 Å². The van der Waals surface area contributed by atoms with Crippen LogP contribution in [0.2, 0.25) is 0 Å². The monoisotopic (exact) mass is 290 g/mol. The molecular weight excluding hydrogens is 268 g/mol. The first-order valence-electron chi connectivity index (χ1n) is 7.37. The number of nitrogens with zero attached hydrogens (tertiary/aromatic N) is 1. The third kappa shape index (κ3) is 4.04. The fourth-order valence-electron chi connectivity index (χ4n) is 2.27. The number of piperidine rings is 1. The van der Waals surface area contributed by atoms with Crippen molar-refractivity contribution in [2.24, 2.45) is 0 Å². The Bertz CT molecular complexity index is 499. The molecule has 5 heteroatoms. The van der Waals surface area contributed by atoms with Gasteiger partial charge < -0.3 is 10.1 Å². The molecule has 1 unspecified atom stereocenters. The summed E-state index contributed by atoms with van der Waals surface area (Å²) in [7, 11) is 1.54. The van der Waals surface area contributed by atoms with Crippen LogP contribution in [0, 0.1) is 0 Å². The van der Waals surface area contributed by atoms with E-state index < -0.39 is 0 Å². The third-order valence-corrected chi connectivity index (χ3v) is 3.60. The summed E-state index contributed by atoms with van der Waals surface area (Å²) in [6.45, 7) is 3.39. The zero-order chi connectivity index (χ0) is 15.2. The summed E-state index contributed by atoms with van der Waals surface area (Å²) >= 11 is 0. The third-order valence-electron chi connectivity index (χ3n) is 3.60. The van der Waals surface area contributed by atoms with Gasteiger partial charge in [0.2, 0.25) is 11.8 Å². The van der Waals surface area contributed by atoms with Crippen molar-refractivity contribution in [2.75, 3.05) is 13.7 Å². The van der Waals surface area contributed by atoms with Gasteiger partial charge in [-0.1, -0.05) is 19.1 Å². The number of amides is 2. The Kier molecular flexibility index (Phi) is 5.33. The summed E-state index contributed by atoms with van der Waals surface area (Å²) in [5.74, 6) is 0.615. The van der Waals surface area contributed by atoms with Crippen LogP contribution < -0.4 is 10.1 Å². The number of carbonyl (C=O) groups excluding carboxylic acids is 2. The van der Waals surface area contributed by atoms with Crippen LogP contribution in [0.1, 0.15) is 31.7 Å². The number of nitrogens with one attached hydrogen (secondary N) is 1. The van der Waals surface area contributed by atoms with Gasteiger partial charge in [0.1, 0.15) is 5.75 Å². The molecule has 0 saturated carbocycles. The van der Waals surface area contributed by atoms with Crippen LogP contribution in [0.5, 0.6) is 5.75 Å². The van der Waals surface area contributed by atoms with Crippen molar-refractivity contribution in [3.63, 3.8) is 0 Å². The molecule has 1 aliphatic rings. The SMILES string of the molecule is CCCOc1ccc(CNC2CCC(=O)N(C)C2=O)cc1. The molecule has 114 valence electrons. The number of ether oxygens (including phenoxy) is 1. The molecule has 1 aromatic rings. The minimum absolute atomic E-state index is 0.101. The highest BCUT2D eigenvalue weighted by molar-refractivity contribution is 6.00. The van der Waals surface area contributed by atoms with E-state index in [9.17, 15) is 9.59 Å². The molecule has 5 nitrogen and oxygen atoms in total. The van der Waals surface area contributed by atoms with Gasteiger partial charge in [-0.2, -0.15) is 0 Å². The summed E-state index contributed by atoms with van der Waals surface area (Å²) in [6, 6.07) is 7.57. The smallest absolute Gasteiger partial charge is 0.246 e. The standard InChI is InChI=1S/C16H22N2O3/c1-3-10-21-13-6-4-12(5-7-13)11-17-14-8-9-15(19)18(2)16(14)20/h4-7,14,17H,3,8-11H2,1-2H3. The zero-order valence-electron chi connectivity index (χ0n) is 12.6. The molecular formula is C16H22N2O3. The molecule has 2 amide bonds. The first-order valence-corrected chi connectivity index (χ1v) is 7.37. The summed E-state index contributed by atoms with van der Waals surface area (Å²) in [4.78, 5) is 24.6. The summed E-state index contributed by atoms with van der Waals surface area (Å²) in [5, 5.41) is 3.22. The van der Waals surface area contributed by atoms with E-state index in [0.29, 0.717) is 26.0 Å². The van der Waals surface area contributed by atoms with Gasteiger partial charge >= 0.3 is 0 Å². The lowest BCUT2D eigenvalue weighted by Crippen LogP contribution is -2.51. The van der Waals surface area contributed by atoms with Crippen LogP contribution in [-0.4, -0.2) is 36.4 Å². The highest BCUT2D eigenvalue weighted by Gasteiger charge is 2.31. The van der Waals surface area contributed by atoms with E-state index in [4.69, 9.17) is 4.74 Å². The van der Waals surface area contributed by atoms with Crippen molar-refractivity contribution in [1.29, 1.82) is 0 Å². The van der Waals surface area contributed by atoms with Crippen LogP contribution in [0.15, 0.2) is 24.3 Å². The van der Waals surface area contributed by atoms with E-state index in [1.54, 1.807) is 7.05 Å². The molecule has 1 fully saturated rings. The predicted molar refractivity (Wildman–Crippen MR) is 79.9 cm³/mol. The number of carbonyl (C=O) groups is 2. The first kappa shape index (κ1) is 15.5. The van der Waals surface area contributed by atoms with E-state index in [-0.39, 0.29) is 17.9 Å². The molecule has 1 aromatic carbocycles. The number of hydrogen-bond acceptors (Lipinski definition) is 4. The Morgan fingerprint density at radius 3 is 2.67 bits per heavy atom. The molecule has 0 bridgehead atoms. The van der Waals surface area contributed by atoms with Crippen molar-refractivity contribution in [3.05, 3.63) is 29.8 Å². The van der Waals surface area contributed by atoms with E-state index in [2.05, 4.69) is 12.2 Å². The lowest BCUT2D eigenvalue weighted by Gasteiger charge is -2.28. The number of rotatable bonds is 6. The predicted octanol–water partition coefficient (Wildman–Crippen LogP) is 1.71. The molecule has 1 heterocycles.